The van der Waals surface area contributed by atoms with Gasteiger partial charge in [0.1, 0.15) is 5.82 Å². The average molecular weight is 255 g/mol. The van der Waals surface area contributed by atoms with Gasteiger partial charge in [-0.1, -0.05) is 18.2 Å². The average Bonchev–Trinajstić information content (AvgIpc) is 2.78. The Morgan fingerprint density at radius 1 is 1.26 bits per heavy atom. The highest BCUT2D eigenvalue weighted by Crippen LogP contribution is 2.27. The van der Waals surface area contributed by atoms with Crippen molar-refractivity contribution in [2.45, 2.75) is 6.54 Å². The normalized spacial score (nSPS) is 11.1. The van der Waals surface area contributed by atoms with Gasteiger partial charge in [0.05, 0.1) is 16.9 Å². The van der Waals surface area contributed by atoms with Crippen molar-refractivity contribution < 1.29 is 4.39 Å². The lowest BCUT2D eigenvalue weighted by Crippen LogP contribution is -1.98. The SMILES string of the molecule is Cn1c(-c2ccc(CN)cn2)cc2cccc(F)c21. The van der Waals surface area contributed by atoms with E-state index in [0.29, 0.717) is 12.1 Å². The second-order valence-corrected chi connectivity index (χ2v) is 4.52. The Balaban J connectivity index is 2.19. The van der Waals surface area contributed by atoms with Crippen LogP contribution in [-0.2, 0) is 13.6 Å². The van der Waals surface area contributed by atoms with Crippen molar-refractivity contribution in [3.63, 3.8) is 0 Å². The summed E-state index contributed by atoms with van der Waals surface area (Å²) in [7, 11) is 1.85. The molecule has 2 heterocycles. The molecule has 0 aliphatic rings. The van der Waals surface area contributed by atoms with Gasteiger partial charge >= 0.3 is 0 Å². The fourth-order valence-electron chi connectivity index (χ4n) is 2.31. The topological polar surface area (TPSA) is 43.8 Å². The van der Waals surface area contributed by atoms with Crippen molar-refractivity contribution in [1.82, 2.24) is 9.55 Å². The summed E-state index contributed by atoms with van der Waals surface area (Å²) >= 11 is 0. The zero-order valence-corrected chi connectivity index (χ0v) is 10.6. The van der Waals surface area contributed by atoms with Gasteiger partial charge in [-0.3, -0.25) is 4.98 Å². The van der Waals surface area contributed by atoms with Crippen molar-refractivity contribution >= 4 is 10.9 Å². The van der Waals surface area contributed by atoms with Crippen molar-refractivity contribution in [2.75, 3.05) is 0 Å². The molecule has 0 aliphatic heterocycles. The molecule has 1 aromatic carbocycles. The molecule has 0 aliphatic carbocycles. The van der Waals surface area contributed by atoms with Gasteiger partial charge < -0.3 is 10.3 Å². The molecule has 0 saturated carbocycles. The van der Waals surface area contributed by atoms with Gasteiger partial charge in [-0.15, -0.1) is 0 Å². The maximum atomic E-state index is 13.8. The number of rotatable bonds is 2. The van der Waals surface area contributed by atoms with Crippen LogP contribution >= 0.6 is 0 Å². The highest BCUT2D eigenvalue weighted by Gasteiger charge is 2.11. The molecular formula is C15H14FN3. The summed E-state index contributed by atoms with van der Waals surface area (Å²) in [5.41, 5.74) is 8.84. The molecule has 19 heavy (non-hydrogen) atoms. The van der Waals surface area contributed by atoms with Crippen molar-refractivity contribution in [1.29, 1.82) is 0 Å². The number of nitrogens with two attached hydrogens (primary N) is 1. The molecule has 0 unspecified atom stereocenters. The van der Waals surface area contributed by atoms with Crippen LogP contribution in [0.25, 0.3) is 22.3 Å². The smallest absolute Gasteiger partial charge is 0.147 e. The Labute approximate surface area is 110 Å². The Kier molecular flexibility index (Phi) is 2.80. The van der Waals surface area contributed by atoms with E-state index in [0.717, 1.165) is 22.3 Å². The Morgan fingerprint density at radius 2 is 2.11 bits per heavy atom. The summed E-state index contributed by atoms with van der Waals surface area (Å²) in [5, 5.41) is 0.877. The van der Waals surface area contributed by atoms with Gasteiger partial charge in [-0.2, -0.15) is 0 Å². The second kappa shape index (κ2) is 4.48. The van der Waals surface area contributed by atoms with Gasteiger partial charge in [0.15, 0.2) is 0 Å². The van der Waals surface area contributed by atoms with Crippen LogP contribution in [0.4, 0.5) is 4.39 Å². The first-order chi connectivity index (χ1) is 9.20. The number of aromatic nitrogens is 2. The Bertz CT molecular complexity index is 729. The zero-order valence-electron chi connectivity index (χ0n) is 10.6. The molecule has 0 fully saturated rings. The minimum atomic E-state index is -0.218. The van der Waals surface area contributed by atoms with E-state index < -0.39 is 0 Å². The van der Waals surface area contributed by atoms with Crippen LogP contribution in [0.1, 0.15) is 5.56 Å². The molecule has 3 nitrogen and oxygen atoms in total. The van der Waals surface area contributed by atoms with Crippen molar-refractivity contribution in [3.05, 3.63) is 54.0 Å². The third-order valence-corrected chi connectivity index (χ3v) is 3.33. The van der Waals surface area contributed by atoms with Gasteiger partial charge in [0, 0.05) is 25.2 Å². The van der Waals surface area contributed by atoms with Crippen LogP contribution in [0.2, 0.25) is 0 Å². The number of para-hydroxylation sites is 1. The maximum absolute atomic E-state index is 13.8. The maximum Gasteiger partial charge on any atom is 0.147 e. The molecular weight excluding hydrogens is 241 g/mol. The summed E-state index contributed by atoms with van der Waals surface area (Å²) in [5.74, 6) is -0.218. The predicted molar refractivity (Wildman–Crippen MR) is 74.0 cm³/mol. The van der Waals surface area contributed by atoms with Crippen LogP contribution in [0.15, 0.2) is 42.6 Å². The number of hydrogen-bond donors (Lipinski definition) is 1. The Hall–Kier alpha value is -2.20. The number of nitrogens with zero attached hydrogens (tertiary/aromatic N) is 2. The zero-order chi connectivity index (χ0) is 13.4. The van der Waals surface area contributed by atoms with Crippen LogP contribution in [0.5, 0.6) is 0 Å². The molecule has 0 spiro atoms. The largest absolute Gasteiger partial charge is 0.340 e. The summed E-state index contributed by atoms with van der Waals surface area (Å²) in [6.45, 7) is 0.469. The standard InChI is InChI=1S/C15H14FN3/c1-19-14(13-6-5-10(8-17)9-18-13)7-11-3-2-4-12(16)15(11)19/h2-7,9H,8,17H2,1H3. The van der Waals surface area contributed by atoms with Gasteiger partial charge in [0.25, 0.3) is 0 Å². The molecule has 3 rings (SSSR count). The molecule has 0 amide bonds. The van der Waals surface area contributed by atoms with Crippen LogP contribution in [0, 0.1) is 5.82 Å². The van der Waals surface area contributed by atoms with Gasteiger partial charge in [-0.05, 0) is 23.8 Å². The summed E-state index contributed by atoms with van der Waals surface area (Å²) < 4.78 is 15.7. The quantitative estimate of drug-likeness (QED) is 0.765. The number of halogens is 1. The molecule has 2 aromatic heterocycles. The molecule has 0 radical (unpaired) electrons. The van der Waals surface area contributed by atoms with E-state index >= 15 is 0 Å². The van der Waals surface area contributed by atoms with Crippen molar-refractivity contribution in [2.24, 2.45) is 12.8 Å². The summed E-state index contributed by atoms with van der Waals surface area (Å²) in [6.07, 6.45) is 1.75. The lowest BCUT2D eigenvalue weighted by molar-refractivity contribution is 0.632. The molecule has 4 heteroatoms. The van der Waals surface area contributed by atoms with E-state index in [1.807, 2.05) is 35.9 Å². The predicted octanol–water partition coefficient (Wildman–Crippen LogP) is 2.84. The van der Waals surface area contributed by atoms with E-state index in [4.69, 9.17) is 5.73 Å². The minimum absolute atomic E-state index is 0.218. The number of fused-ring (bicyclic) bond motifs is 1. The monoisotopic (exact) mass is 255 g/mol. The van der Waals surface area contributed by atoms with E-state index in [2.05, 4.69) is 4.98 Å². The molecule has 0 bridgehead atoms. The van der Waals surface area contributed by atoms with Gasteiger partial charge in [0.2, 0.25) is 0 Å². The minimum Gasteiger partial charge on any atom is -0.340 e. The number of aryl methyl sites for hydroxylation is 1. The molecule has 0 saturated heterocycles. The van der Waals surface area contributed by atoms with Crippen LogP contribution in [-0.4, -0.2) is 9.55 Å². The van der Waals surface area contributed by atoms with Crippen molar-refractivity contribution in [3.8, 4) is 11.4 Å². The fraction of sp³-hybridized carbons (Fsp3) is 0.133. The van der Waals surface area contributed by atoms with E-state index in [9.17, 15) is 4.39 Å². The third-order valence-electron chi connectivity index (χ3n) is 3.33. The molecule has 0 atom stereocenters. The van der Waals surface area contributed by atoms with Crippen LogP contribution < -0.4 is 5.73 Å². The van der Waals surface area contributed by atoms with Gasteiger partial charge in [-0.25, -0.2) is 4.39 Å². The second-order valence-electron chi connectivity index (χ2n) is 4.52. The third kappa shape index (κ3) is 1.90. The summed E-state index contributed by atoms with van der Waals surface area (Å²) in [4.78, 5) is 4.38. The van der Waals surface area contributed by atoms with E-state index in [-0.39, 0.29) is 5.82 Å². The lowest BCUT2D eigenvalue weighted by atomic mass is 10.2. The number of benzene rings is 1. The first kappa shape index (κ1) is 11.9. The molecule has 3 aromatic rings. The molecule has 2 N–H and O–H groups in total. The highest BCUT2D eigenvalue weighted by molar-refractivity contribution is 5.86. The summed E-state index contributed by atoms with van der Waals surface area (Å²) in [6, 6.07) is 10.9. The van der Waals surface area contributed by atoms with E-state index in [1.54, 1.807) is 12.3 Å². The molecule has 96 valence electrons. The Morgan fingerprint density at radius 3 is 2.74 bits per heavy atom. The lowest BCUT2D eigenvalue weighted by Gasteiger charge is -2.05. The fourth-order valence-corrected chi connectivity index (χ4v) is 2.31. The van der Waals surface area contributed by atoms with Crippen LogP contribution in [0.3, 0.4) is 0 Å². The first-order valence-electron chi connectivity index (χ1n) is 6.10. The van der Waals surface area contributed by atoms with E-state index in [1.165, 1.54) is 6.07 Å². The number of pyridine rings is 1. The highest BCUT2D eigenvalue weighted by atomic mass is 19.1. The first-order valence-corrected chi connectivity index (χ1v) is 6.10. The number of hydrogen-bond acceptors (Lipinski definition) is 2.